The summed E-state index contributed by atoms with van der Waals surface area (Å²) < 4.78 is 5.13. The third-order valence-corrected chi connectivity index (χ3v) is 17.2. The smallest absolute Gasteiger partial charge is 0.0721 e. The molecule has 17 rings (SSSR count). The SMILES string of the molecule is c1ccc2c(c1)-c1ccccc1C21c2cc3c4ccccc4n(-c4cccc5ccccc45)c3cc2C2(c3ccccc3-c3ccccc32)c2cc3c4ccccc4n(-c4cccc5ccccc45)c3cc21. The van der Waals surface area contributed by atoms with Gasteiger partial charge >= 0.3 is 0 Å². The van der Waals surface area contributed by atoms with E-state index in [1.54, 1.807) is 0 Å². The average Bonchev–Trinajstić information content (AvgIpc) is 4.14. The Balaban J connectivity index is 1.14. The van der Waals surface area contributed by atoms with Crippen molar-refractivity contribution >= 4 is 65.2 Å². The van der Waals surface area contributed by atoms with Crippen molar-refractivity contribution < 1.29 is 0 Å². The third kappa shape index (κ3) is 4.53. The van der Waals surface area contributed by atoms with Crippen molar-refractivity contribution in [2.45, 2.75) is 10.8 Å². The summed E-state index contributed by atoms with van der Waals surface area (Å²) in [5.74, 6) is 0. The summed E-state index contributed by atoms with van der Waals surface area (Å²) >= 11 is 0. The van der Waals surface area contributed by atoms with Gasteiger partial charge in [0.05, 0.1) is 44.3 Å². The number of aromatic nitrogens is 2. The van der Waals surface area contributed by atoms with Crippen LogP contribution in [0.4, 0.5) is 0 Å². The number of para-hydroxylation sites is 2. The van der Waals surface area contributed by atoms with E-state index >= 15 is 0 Å². The molecule has 2 spiro atoms. The van der Waals surface area contributed by atoms with Crippen LogP contribution in [0, 0.1) is 0 Å². The predicted octanol–water partition coefficient (Wildman–Crippen LogP) is 17.2. The van der Waals surface area contributed by atoms with Gasteiger partial charge in [-0.2, -0.15) is 0 Å². The highest BCUT2D eigenvalue weighted by atomic mass is 15.0. The first-order valence-electron chi connectivity index (χ1n) is 25.3. The molecule has 12 aromatic carbocycles. The van der Waals surface area contributed by atoms with Gasteiger partial charge in [-0.3, -0.25) is 0 Å². The average molecular weight is 911 g/mol. The lowest BCUT2D eigenvalue weighted by Gasteiger charge is -2.49. The van der Waals surface area contributed by atoms with Crippen molar-refractivity contribution in [3.05, 3.63) is 299 Å². The Hall–Kier alpha value is -9.24. The van der Waals surface area contributed by atoms with Crippen LogP contribution in [0.3, 0.4) is 0 Å². The van der Waals surface area contributed by atoms with Crippen LogP contribution in [0.1, 0.15) is 44.5 Å². The van der Waals surface area contributed by atoms with Crippen LogP contribution >= 0.6 is 0 Å². The van der Waals surface area contributed by atoms with Crippen molar-refractivity contribution in [2.24, 2.45) is 0 Å². The molecule has 0 N–H and O–H groups in total. The van der Waals surface area contributed by atoms with Crippen molar-refractivity contribution in [1.82, 2.24) is 9.13 Å². The molecule has 0 fully saturated rings. The summed E-state index contributed by atoms with van der Waals surface area (Å²) in [4.78, 5) is 0. The zero-order valence-electron chi connectivity index (χ0n) is 39.1. The Labute approximate surface area is 415 Å². The molecule has 14 aromatic rings. The van der Waals surface area contributed by atoms with E-state index in [0.29, 0.717) is 0 Å². The number of hydrogen-bond acceptors (Lipinski definition) is 0. The zero-order chi connectivity index (χ0) is 46.9. The van der Waals surface area contributed by atoms with Crippen molar-refractivity contribution in [3.63, 3.8) is 0 Å². The van der Waals surface area contributed by atoms with Crippen LogP contribution in [-0.4, -0.2) is 9.13 Å². The van der Waals surface area contributed by atoms with E-state index < -0.39 is 10.8 Å². The second kappa shape index (κ2) is 13.8. The van der Waals surface area contributed by atoms with Gasteiger partial charge in [0.1, 0.15) is 0 Å². The first-order chi connectivity index (χ1) is 35.7. The molecule has 2 heteroatoms. The molecule has 0 unspecified atom stereocenters. The zero-order valence-corrected chi connectivity index (χ0v) is 39.1. The van der Waals surface area contributed by atoms with E-state index in [9.17, 15) is 0 Å². The highest BCUT2D eigenvalue weighted by Crippen LogP contribution is 2.68. The fourth-order valence-corrected chi connectivity index (χ4v) is 14.5. The van der Waals surface area contributed by atoms with Gasteiger partial charge in [-0.1, -0.05) is 206 Å². The first-order valence-corrected chi connectivity index (χ1v) is 25.3. The third-order valence-electron chi connectivity index (χ3n) is 17.2. The molecule has 332 valence electrons. The standard InChI is InChI=1S/C70H42N2/c1-3-23-45-43(19-1)21-17-37-63(45)71-65-35-15-9-29-51(65)53-39-59-61(41-67(53)71)69(55-31-11-5-25-47(55)48-26-6-12-32-56(48)69)60-40-54-52-30-10-16-36-66(52)72(64-38-18-22-44-20-2-4-24-46(44)64)68(54)42-62(60)70(59)57-33-13-7-27-49(57)50-28-8-14-34-58(50)70/h1-42H. The molecule has 2 heterocycles. The fourth-order valence-electron chi connectivity index (χ4n) is 14.5. The summed E-state index contributed by atoms with van der Waals surface area (Å²) in [6.07, 6.45) is 0. The van der Waals surface area contributed by atoms with E-state index in [1.807, 2.05) is 0 Å². The second-order valence-corrected chi connectivity index (χ2v) is 20.2. The van der Waals surface area contributed by atoms with E-state index in [2.05, 4.69) is 264 Å². The molecule has 0 radical (unpaired) electrons. The van der Waals surface area contributed by atoms with Crippen molar-refractivity contribution in [2.75, 3.05) is 0 Å². The molecule has 0 bridgehead atoms. The topological polar surface area (TPSA) is 9.86 Å². The Morgan fingerprint density at radius 1 is 0.208 bits per heavy atom. The first kappa shape index (κ1) is 38.6. The monoisotopic (exact) mass is 910 g/mol. The van der Waals surface area contributed by atoms with Gasteiger partial charge in [0, 0.05) is 32.3 Å². The van der Waals surface area contributed by atoms with Crippen LogP contribution in [0.5, 0.6) is 0 Å². The van der Waals surface area contributed by atoms with E-state index in [-0.39, 0.29) is 0 Å². The molecule has 0 saturated heterocycles. The van der Waals surface area contributed by atoms with Gasteiger partial charge < -0.3 is 9.13 Å². The highest BCUT2D eigenvalue weighted by molar-refractivity contribution is 6.14. The van der Waals surface area contributed by atoms with Gasteiger partial charge in [0.2, 0.25) is 0 Å². The van der Waals surface area contributed by atoms with Crippen molar-refractivity contribution in [1.29, 1.82) is 0 Å². The summed E-state index contributed by atoms with van der Waals surface area (Å²) in [7, 11) is 0. The van der Waals surface area contributed by atoms with E-state index in [1.165, 1.54) is 143 Å². The van der Waals surface area contributed by atoms with Gasteiger partial charge in [-0.15, -0.1) is 0 Å². The lowest BCUT2D eigenvalue weighted by atomic mass is 9.52. The Bertz CT molecular complexity index is 4310. The number of rotatable bonds is 2. The lowest BCUT2D eigenvalue weighted by molar-refractivity contribution is 0.635. The quantitative estimate of drug-likeness (QED) is 0.164. The minimum atomic E-state index is -0.694. The molecule has 3 aliphatic rings. The van der Waals surface area contributed by atoms with Crippen LogP contribution in [-0.2, 0) is 10.8 Å². The van der Waals surface area contributed by atoms with Crippen molar-refractivity contribution in [3.8, 4) is 33.6 Å². The summed E-state index contributed by atoms with van der Waals surface area (Å²) in [5.41, 5.74) is 21.6. The number of hydrogen-bond donors (Lipinski definition) is 0. The maximum atomic E-state index is 2.65. The summed E-state index contributed by atoms with van der Waals surface area (Å²) in [6.45, 7) is 0. The summed E-state index contributed by atoms with van der Waals surface area (Å²) in [6, 6.07) is 97.2. The van der Waals surface area contributed by atoms with Crippen LogP contribution in [0.2, 0.25) is 0 Å². The van der Waals surface area contributed by atoms with E-state index in [0.717, 1.165) is 0 Å². The van der Waals surface area contributed by atoms with Gasteiger partial charge in [-0.25, -0.2) is 0 Å². The molecular formula is C70H42N2. The number of nitrogens with zero attached hydrogens (tertiary/aromatic N) is 2. The van der Waals surface area contributed by atoms with Crippen LogP contribution in [0.15, 0.2) is 255 Å². The Morgan fingerprint density at radius 3 is 0.917 bits per heavy atom. The lowest BCUT2D eigenvalue weighted by Crippen LogP contribution is -2.44. The highest BCUT2D eigenvalue weighted by Gasteiger charge is 2.59. The molecule has 2 aromatic heterocycles. The maximum Gasteiger partial charge on any atom is 0.0721 e. The molecule has 72 heavy (non-hydrogen) atoms. The molecule has 0 amide bonds. The van der Waals surface area contributed by atoms with Crippen LogP contribution < -0.4 is 0 Å². The normalized spacial score (nSPS) is 14.3. The van der Waals surface area contributed by atoms with Gasteiger partial charge in [0.15, 0.2) is 0 Å². The molecule has 0 atom stereocenters. The molecule has 2 nitrogen and oxygen atoms in total. The Morgan fingerprint density at radius 2 is 0.514 bits per heavy atom. The second-order valence-electron chi connectivity index (χ2n) is 20.2. The van der Waals surface area contributed by atoms with Crippen LogP contribution in [0.25, 0.3) is 98.8 Å². The number of fused-ring (bicyclic) bond motifs is 24. The minimum Gasteiger partial charge on any atom is -0.309 e. The minimum absolute atomic E-state index is 0.694. The van der Waals surface area contributed by atoms with Gasteiger partial charge in [-0.05, 0) is 126 Å². The predicted molar refractivity (Wildman–Crippen MR) is 298 cm³/mol. The molecule has 0 saturated carbocycles. The number of benzene rings is 12. The fraction of sp³-hybridized carbons (Fsp3) is 0.0286. The largest absolute Gasteiger partial charge is 0.309 e. The van der Waals surface area contributed by atoms with E-state index in [4.69, 9.17) is 0 Å². The molecule has 0 aliphatic heterocycles. The Kier molecular flexibility index (Phi) is 7.37. The maximum absolute atomic E-state index is 2.65. The molecule has 3 aliphatic carbocycles. The van der Waals surface area contributed by atoms with Gasteiger partial charge in [0.25, 0.3) is 0 Å². The molecular weight excluding hydrogens is 869 g/mol. The summed E-state index contributed by atoms with van der Waals surface area (Å²) in [5, 5.41) is 9.92.